The molecule has 1 aliphatic rings. The number of carbonyl (C=O) groups excluding carboxylic acids is 1. The highest BCUT2D eigenvalue weighted by Crippen LogP contribution is 2.22. The largest absolute Gasteiger partial charge is 0.322 e. The number of rotatable bonds is 3. The average Bonchev–Trinajstić information content (AvgIpc) is 2.80. The van der Waals surface area contributed by atoms with Crippen LogP contribution in [-0.2, 0) is 13.0 Å². The standard InChI is InChI=1S/C26H25N5O2/c1-17-27-13-12-22(28-17)18-7-6-8-20(15-18)29-25(32)19-10-11-21-23(16-19)30-24-9-4-2-3-5-14-31(24)26(21)33/h6-8,10-13,15-16H,2-5,9,14H2,1H3,(H,29,32). The number of nitrogens with zero attached hydrogens (tertiary/aromatic N) is 4. The molecule has 4 aromatic rings. The molecular weight excluding hydrogens is 414 g/mol. The summed E-state index contributed by atoms with van der Waals surface area (Å²) in [7, 11) is 0. The highest BCUT2D eigenvalue weighted by atomic mass is 16.1. The Bertz CT molecular complexity index is 1410. The quantitative estimate of drug-likeness (QED) is 0.507. The summed E-state index contributed by atoms with van der Waals surface area (Å²) in [6.45, 7) is 2.55. The van der Waals surface area contributed by atoms with E-state index in [4.69, 9.17) is 4.98 Å². The number of aryl methyl sites for hydroxylation is 2. The van der Waals surface area contributed by atoms with Gasteiger partial charge in [-0.3, -0.25) is 14.2 Å². The third-order valence-corrected chi connectivity index (χ3v) is 6.02. The van der Waals surface area contributed by atoms with Crippen molar-refractivity contribution in [3.8, 4) is 11.3 Å². The second-order valence-electron chi connectivity index (χ2n) is 8.40. The molecular formula is C26H25N5O2. The molecule has 33 heavy (non-hydrogen) atoms. The summed E-state index contributed by atoms with van der Waals surface area (Å²) in [5, 5.41) is 3.50. The van der Waals surface area contributed by atoms with Crippen molar-refractivity contribution < 1.29 is 4.79 Å². The van der Waals surface area contributed by atoms with Crippen LogP contribution in [0.1, 0.15) is 47.7 Å². The van der Waals surface area contributed by atoms with E-state index in [1.807, 2.05) is 41.8 Å². The number of amides is 1. The normalized spacial score (nSPS) is 13.7. The molecule has 0 aliphatic carbocycles. The van der Waals surface area contributed by atoms with Gasteiger partial charge in [0.2, 0.25) is 0 Å². The van der Waals surface area contributed by atoms with Gasteiger partial charge in [-0.1, -0.05) is 25.0 Å². The van der Waals surface area contributed by atoms with E-state index in [-0.39, 0.29) is 11.5 Å². The Morgan fingerprint density at radius 2 is 1.88 bits per heavy atom. The number of anilines is 1. The number of carbonyl (C=O) groups is 1. The highest BCUT2D eigenvalue weighted by molar-refractivity contribution is 6.06. The fourth-order valence-corrected chi connectivity index (χ4v) is 4.31. The first kappa shape index (κ1) is 21.0. The number of fused-ring (bicyclic) bond motifs is 2. The number of aromatic nitrogens is 4. The van der Waals surface area contributed by atoms with Gasteiger partial charge in [-0.05, 0) is 56.2 Å². The van der Waals surface area contributed by atoms with Gasteiger partial charge in [0.25, 0.3) is 11.5 Å². The molecule has 3 heterocycles. The van der Waals surface area contributed by atoms with E-state index in [1.54, 1.807) is 24.4 Å². The monoisotopic (exact) mass is 439 g/mol. The van der Waals surface area contributed by atoms with Crippen molar-refractivity contribution in [3.63, 3.8) is 0 Å². The minimum atomic E-state index is -0.249. The molecule has 1 N–H and O–H groups in total. The summed E-state index contributed by atoms with van der Waals surface area (Å²) in [5.74, 6) is 1.26. The second kappa shape index (κ2) is 8.94. The topological polar surface area (TPSA) is 89.8 Å². The van der Waals surface area contributed by atoms with Crippen molar-refractivity contribution in [1.82, 2.24) is 19.5 Å². The van der Waals surface area contributed by atoms with Crippen LogP contribution in [0.2, 0.25) is 0 Å². The first-order valence-corrected chi connectivity index (χ1v) is 11.3. The Kier molecular flexibility index (Phi) is 5.69. The van der Waals surface area contributed by atoms with Crippen LogP contribution >= 0.6 is 0 Å². The van der Waals surface area contributed by atoms with Crippen LogP contribution in [0.3, 0.4) is 0 Å². The van der Waals surface area contributed by atoms with Gasteiger partial charge < -0.3 is 5.32 Å². The lowest BCUT2D eigenvalue weighted by molar-refractivity contribution is 0.102. The van der Waals surface area contributed by atoms with Crippen molar-refractivity contribution in [2.45, 2.75) is 45.6 Å². The van der Waals surface area contributed by atoms with Crippen molar-refractivity contribution in [2.75, 3.05) is 5.32 Å². The van der Waals surface area contributed by atoms with Crippen molar-refractivity contribution >= 4 is 22.5 Å². The van der Waals surface area contributed by atoms with E-state index in [1.165, 1.54) is 0 Å². The van der Waals surface area contributed by atoms with Gasteiger partial charge in [0.1, 0.15) is 11.6 Å². The minimum absolute atomic E-state index is 0.0169. The molecule has 7 nitrogen and oxygen atoms in total. The molecule has 2 aromatic carbocycles. The van der Waals surface area contributed by atoms with Crippen LogP contribution in [0.25, 0.3) is 22.2 Å². The van der Waals surface area contributed by atoms with Gasteiger partial charge >= 0.3 is 0 Å². The third-order valence-electron chi connectivity index (χ3n) is 6.02. The van der Waals surface area contributed by atoms with Crippen LogP contribution in [0, 0.1) is 6.92 Å². The maximum Gasteiger partial charge on any atom is 0.261 e. The Morgan fingerprint density at radius 1 is 1.00 bits per heavy atom. The number of nitrogens with one attached hydrogen (secondary N) is 1. The molecule has 0 fully saturated rings. The maximum absolute atomic E-state index is 13.0. The van der Waals surface area contributed by atoms with Crippen LogP contribution in [0.4, 0.5) is 5.69 Å². The molecule has 0 radical (unpaired) electrons. The van der Waals surface area contributed by atoms with Gasteiger partial charge in [-0.15, -0.1) is 0 Å². The number of hydrogen-bond acceptors (Lipinski definition) is 5. The molecule has 5 rings (SSSR count). The lowest BCUT2D eigenvalue weighted by Gasteiger charge is -2.16. The lowest BCUT2D eigenvalue weighted by atomic mass is 10.1. The summed E-state index contributed by atoms with van der Waals surface area (Å²) in [6.07, 6.45) is 6.83. The van der Waals surface area contributed by atoms with E-state index in [9.17, 15) is 9.59 Å². The Labute approximate surface area is 191 Å². The SMILES string of the molecule is Cc1nccc(-c2cccc(NC(=O)c3ccc4c(=O)n5c(nc4c3)CCCCCC5)c2)n1. The Balaban J connectivity index is 1.44. The van der Waals surface area contributed by atoms with E-state index >= 15 is 0 Å². The average molecular weight is 440 g/mol. The minimum Gasteiger partial charge on any atom is -0.322 e. The summed E-state index contributed by atoms with van der Waals surface area (Å²) >= 11 is 0. The summed E-state index contributed by atoms with van der Waals surface area (Å²) in [6, 6.07) is 14.5. The first-order chi connectivity index (χ1) is 16.1. The fourth-order valence-electron chi connectivity index (χ4n) is 4.31. The molecule has 0 saturated carbocycles. The fraction of sp³-hybridized carbons (Fsp3) is 0.269. The van der Waals surface area contributed by atoms with Crippen LogP contribution in [-0.4, -0.2) is 25.4 Å². The maximum atomic E-state index is 13.0. The van der Waals surface area contributed by atoms with Crippen molar-refractivity contribution in [2.24, 2.45) is 0 Å². The van der Waals surface area contributed by atoms with E-state index in [2.05, 4.69) is 15.3 Å². The number of benzene rings is 2. The zero-order valence-electron chi connectivity index (χ0n) is 18.5. The van der Waals surface area contributed by atoms with Crippen LogP contribution < -0.4 is 10.9 Å². The third kappa shape index (κ3) is 4.39. The zero-order valence-corrected chi connectivity index (χ0v) is 18.5. The van der Waals surface area contributed by atoms with Gasteiger partial charge in [-0.2, -0.15) is 0 Å². The molecule has 1 aliphatic heterocycles. The molecule has 0 unspecified atom stereocenters. The molecule has 7 heteroatoms. The Morgan fingerprint density at radius 3 is 2.76 bits per heavy atom. The van der Waals surface area contributed by atoms with Crippen molar-refractivity contribution in [3.05, 3.63) is 82.3 Å². The molecule has 2 aromatic heterocycles. The lowest BCUT2D eigenvalue weighted by Crippen LogP contribution is -2.26. The predicted octanol–water partition coefficient (Wildman–Crippen LogP) is 4.53. The molecule has 0 atom stereocenters. The smallest absolute Gasteiger partial charge is 0.261 e. The summed E-state index contributed by atoms with van der Waals surface area (Å²) < 4.78 is 1.81. The predicted molar refractivity (Wildman–Crippen MR) is 128 cm³/mol. The van der Waals surface area contributed by atoms with Crippen molar-refractivity contribution in [1.29, 1.82) is 0 Å². The zero-order chi connectivity index (χ0) is 22.8. The van der Waals surface area contributed by atoms with Gasteiger partial charge in [0.15, 0.2) is 0 Å². The van der Waals surface area contributed by atoms with Crippen LogP contribution in [0.15, 0.2) is 59.5 Å². The first-order valence-electron chi connectivity index (χ1n) is 11.3. The van der Waals surface area contributed by atoms with E-state index in [0.29, 0.717) is 34.5 Å². The number of hydrogen-bond donors (Lipinski definition) is 1. The molecule has 1 amide bonds. The van der Waals surface area contributed by atoms with Gasteiger partial charge in [0, 0.05) is 36.0 Å². The van der Waals surface area contributed by atoms with Gasteiger partial charge in [0.05, 0.1) is 16.6 Å². The molecule has 0 bridgehead atoms. The summed E-state index contributed by atoms with van der Waals surface area (Å²) in [5.41, 5.74) is 3.38. The summed E-state index contributed by atoms with van der Waals surface area (Å²) in [4.78, 5) is 39.3. The Hall–Kier alpha value is -3.87. The molecule has 0 saturated heterocycles. The highest BCUT2D eigenvalue weighted by Gasteiger charge is 2.15. The van der Waals surface area contributed by atoms with E-state index < -0.39 is 0 Å². The van der Waals surface area contributed by atoms with Crippen LogP contribution in [0.5, 0.6) is 0 Å². The molecule has 166 valence electrons. The van der Waals surface area contributed by atoms with Gasteiger partial charge in [-0.25, -0.2) is 15.0 Å². The molecule has 0 spiro atoms. The second-order valence-corrected chi connectivity index (χ2v) is 8.40. The van der Waals surface area contributed by atoms with E-state index in [0.717, 1.165) is 49.2 Å².